The normalized spacial score (nSPS) is 16.4. The number of rotatable bonds is 17. The molecule has 0 saturated carbocycles. The molecule has 0 bridgehead atoms. The SMILES string of the molecule is C=C/C=C(\C=C)C(C(C)C)N(OC(C)C(=C)/C=C\C(=C)C(C)ON(C(C(=C)C=C)C(C)C)C(C)(C)C)C(C)(C)C. The highest BCUT2D eigenvalue weighted by Gasteiger charge is 2.36. The summed E-state index contributed by atoms with van der Waals surface area (Å²) in [6, 6.07) is -0.00582. The molecule has 0 aliphatic rings. The summed E-state index contributed by atoms with van der Waals surface area (Å²) in [5, 5.41) is 4.10. The van der Waals surface area contributed by atoms with Crippen molar-refractivity contribution in [3.05, 3.63) is 98.2 Å². The van der Waals surface area contributed by atoms with Crippen LogP contribution in [-0.4, -0.2) is 45.5 Å². The Hall–Kier alpha value is -2.24. The number of hydrogen-bond acceptors (Lipinski definition) is 4. The highest BCUT2D eigenvalue weighted by atomic mass is 16.7. The Morgan fingerprint density at radius 2 is 0.975 bits per heavy atom. The smallest absolute Gasteiger partial charge is 0.101 e. The zero-order chi connectivity index (χ0) is 31.6. The van der Waals surface area contributed by atoms with Crippen LogP contribution in [0.2, 0.25) is 0 Å². The third kappa shape index (κ3) is 11.3. The van der Waals surface area contributed by atoms with Crippen LogP contribution < -0.4 is 0 Å². The van der Waals surface area contributed by atoms with E-state index in [-0.39, 0.29) is 41.3 Å². The van der Waals surface area contributed by atoms with Crippen molar-refractivity contribution in [1.29, 1.82) is 0 Å². The first-order chi connectivity index (χ1) is 18.2. The molecule has 0 aliphatic heterocycles. The van der Waals surface area contributed by atoms with Crippen LogP contribution in [-0.2, 0) is 9.68 Å². The number of hydrogen-bond donors (Lipinski definition) is 0. The lowest BCUT2D eigenvalue weighted by atomic mass is 9.91. The summed E-state index contributed by atoms with van der Waals surface area (Å²) < 4.78 is 0. The second-order valence-electron chi connectivity index (χ2n) is 13.2. The minimum atomic E-state index is -0.263. The van der Waals surface area contributed by atoms with Gasteiger partial charge in [0.25, 0.3) is 0 Å². The molecule has 0 saturated heterocycles. The molecule has 40 heavy (non-hydrogen) atoms. The van der Waals surface area contributed by atoms with Gasteiger partial charge in [-0.3, -0.25) is 9.68 Å². The van der Waals surface area contributed by atoms with Crippen LogP contribution in [0.4, 0.5) is 0 Å². The molecule has 4 heteroatoms. The molecule has 0 radical (unpaired) electrons. The second kappa shape index (κ2) is 16.3. The molecular formula is C36H60N2O2. The van der Waals surface area contributed by atoms with Gasteiger partial charge in [-0.05, 0) is 89.5 Å². The van der Waals surface area contributed by atoms with E-state index in [1.54, 1.807) is 6.08 Å². The van der Waals surface area contributed by atoms with Gasteiger partial charge in [-0.2, -0.15) is 10.1 Å². The van der Waals surface area contributed by atoms with E-state index in [4.69, 9.17) is 9.68 Å². The molecule has 0 N–H and O–H groups in total. The van der Waals surface area contributed by atoms with Crippen molar-refractivity contribution in [2.75, 3.05) is 0 Å². The molecule has 0 fully saturated rings. The molecule has 0 amide bonds. The van der Waals surface area contributed by atoms with E-state index in [0.717, 1.165) is 22.3 Å². The summed E-state index contributed by atoms with van der Waals surface area (Å²) >= 11 is 0. The molecule has 226 valence electrons. The van der Waals surface area contributed by atoms with Gasteiger partial charge in [0.2, 0.25) is 0 Å². The molecule has 0 aromatic heterocycles. The molecule has 0 spiro atoms. The third-order valence-electron chi connectivity index (χ3n) is 6.72. The highest BCUT2D eigenvalue weighted by Crippen LogP contribution is 2.31. The Morgan fingerprint density at radius 1 is 0.600 bits per heavy atom. The molecule has 4 unspecified atom stereocenters. The average molecular weight is 553 g/mol. The summed E-state index contributed by atoms with van der Waals surface area (Å²) in [4.78, 5) is 13.1. The summed E-state index contributed by atoms with van der Waals surface area (Å²) in [6.07, 6.45) is 10.9. The highest BCUT2D eigenvalue weighted by molar-refractivity contribution is 5.30. The fourth-order valence-corrected chi connectivity index (χ4v) is 4.43. The van der Waals surface area contributed by atoms with Gasteiger partial charge < -0.3 is 0 Å². The van der Waals surface area contributed by atoms with Crippen LogP contribution in [0.3, 0.4) is 0 Å². The van der Waals surface area contributed by atoms with E-state index in [0.29, 0.717) is 5.92 Å². The van der Waals surface area contributed by atoms with E-state index in [1.807, 2.05) is 49.3 Å². The summed E-state index contributed by atoms with van der Waals surface area (Å²) in [5.41, 5.74) is 3.16. The van der Waals surface area contributed by atoms with E-state index in [9.17, 15) is 0 Å². The Morgan fingerprint density at radius 3 is 1.25 bits per heavy atom. The lowest BCUT2D eigenvalue weighted by Crippen LogP contribution is -2.52. The molecule has 4 atom stereocenters. The van der Waals surface area contributed by atoms with Crippen LogP contribution in [0.5, 0.6) is 0 Å². The minimum absolute atomic E-state index is 0.000665. The van der Waals surface area contributed by atoms with E-state index in [1.165, 1.54) is 0 Å². The monoisotopic (exact) mass is 552 g/mol. The van der Waals surface area contributed by atoms with E-state index < -0.39 is 0 Å². The Balaban J connectivity index is 5.88. The second-order valence-corrected chi connectivity index (χ2v) is 13.2. The van der Waals surface area contributed by atoms with Crippen molar-refractivity contribution in [3.63, 3.8) is 0 Å². The molecule has 0 aromatic rings. The maximum Gasteiger partial charge on any atom is 0.101 e. The van der Waals surface area contributed by atoms with Crippen LogP contribution in [0.1, 0.15) is 83.1 Å². The first-order valence-corrected chi connectivity index (χ1v) is 14.5. The maximum atomic E-state index is 6.60. The Kier molecular flexibility index (Phi) is 15.4. The van der Waals surface area contributed by atoms with Crippen molar-refractivity contribution >= 4 is 0 Å². The van der Waals surface area contributed by atoms with Crippen LogP contribution in [0, 0.1) is 11.8 Å². The summed E-state index contributed by atoms with van der Waals surface area (Å²) in [5.74, 6) is 0.580. The van der Waals surface area contributed by atoms with Gasteiger partial charge >= 0.3 is 0 Å². The van der Waals surface area contributed by atoms with Crippen molar-refractivity contribution in [2.24, 2.45) is 11.8 Å². The van der Waals surface area contributed by atoms with Gasteiger partial charge in [0, 0.05) is 11.1 Å². The topological polar surface area (TPSA) is 24.9 Å². The predicted octanol–water partition coefficient (Wildman–Crippen LogP) is 9.59. The van der Waals surface area contributed by atoms with Gasteiger partial charge in [-0.15, -0.1) is 0 Å². The van der Waals surface area contributed by atoms with Gasteiger partial charge in [0.15, 0.2) is 0 Å². The first kappa shape index (κ1) is 37.8. The van der Waals surface area contributed by atoms with E-state index >= 15 is 0 Å². The molecule has 4 nitrogen and oxygen atoms in total. The zero-order valence-electron chi connectivity index (χ0n) is 27.9. The Bertz CT molecular complexity index is 952. The molecular weight excluding hydrogens is 492 g/mol. The number of allylic oxidation sites excluding steroid dienone is 2. The molecule has 0 rings (SSSR count). The van der Waals surface area contributed by atoms with Crippen molar-refractivity contribution < 1.29 is 9.68 Å². The Labute approximate surface area is 248 Å². The van der Waals surface area contributed by atoms with Gasteiger partial charge in [-0.25, -0.2) is 0 Å². The largest absolute Gasteiger partial charge is 0.290 e. The molecule has 0 aromatic carbocycles. The molecule has 0 aliphatic carbocycles. The predicted molar refractivity (Wildman–Crippen MR) is 177 cm³/mol. The first-order valence-electron chi connectivity index (χ1n) is 14.5. The number of hydroxylamine groups is 4. The minimum Gasteiger partial charge on any atom is -0.290 e. The molecule has 0 heterocycles. The summed E-state index contributed by atoms with van der Waals surface area (Å²) in [7, 11) is 0. The van der Waals surface area contributed by atoms with Crippen LogP contribution >= 0.6 is 0 Å². The fourth-order valence-electron chi connectivity index (χ4n) is 4.43. The van der Waals surface area contributed by atoms with Crippen molar-refractivity contribution in [2.45, 2.75) is 118 Å². The summed E-state index contributed by atoms with van der Waals surface area (Å²) in [6.45, 7) is 50.3. The lowest BCUT2D eigenvalue weighted by molar-refractivity contribution is -0.251. The average Bonchev–Trinajstić information content (AvgIpc) is 2.83. The van der Waals surface area contributed by atoms with Gasteiger partial charge in [0.1, 0.15) is 12.2 Å². The number of nitrogens with zero attached hydrogens (tertiary/aromatic N) is 2. The maximum absolute atomic E-state index is 6.60. The third-order valence-corrected chi connectivity index (χ3v) is 6.72. The fraction of sp³-hybridized carbons (Fsp3) is 0.556. The zero-order valence-corrected chi connectivity index (χ0v) is 27.9. The standard InChI is InChI=1S/C36H60N2O2/c1-19-22-32(21-3)34(26(6)7)38(36(16,17)18)40-31(12)29(10)24-23-28(9)30(11)39-37(35(13,14)15)33(25(4)5)27(8)20-2/h19-26,30-31,33-34H,1-3,8-10H2,4-7,11-18H3/b24-23-,32-22+. The quantitative estimate of drug-likeness (QED) is 0.132. The van der Waals surface area contributed by atoms with Crippen LogP contribution in [0.15, 0.2) is 98.2 Å². The van der Waals surface area contributed by atoms with Gasteiger partial charge in [-0.1, -0.05) is 104 Å². The van der Waals surface area contributed by atoms with Crippen molar-refractivity contribution in [3.8, 4) is 0 Å². The van der Waals surface area contributed by atoms with Crippen molar-refractivity contribution in [1.82, 2.24) is 10.1 Å². The lowest BCUT2D eigenvalue weighted by Gasteiger charge is -2.44. The van der Waals surface area contributed by atoms with E-state index in [2.05, 4.69) is 114 Å². The van der Waals surface area contributed by atoms with Gasteiger partial charge in [0.05, 0.1) is 12.1 Å². The van der Waals surface area contributed by atoms with Crippen LogP contribution in [0.25, 0.3) is 0 Å².